The average Bonchev–Trinajstić information content (AvgIpc) is 2.98. The third-order valence-corrected chi connectivity index (χ3v) is 10.5. The second-order valence-electron chi connectivity index (χ2n) is 10.8. The van der Waals surface area contributed by atoms with Gasteiger partial charge >= 0.3 is 0 Å². The van der Waals surface area contributed by atoms with Gasteiger partial charge in [-0.25, -0.2) is 8.42 Å². The quantitative estimate of drug-likeness (QED) is 0.231. The summed E-state index contributed by atoms with van der Waals surface area (Å²) in [6, 6.07) is 17.0. The van der Waals surface area contributed by atoms with Crippen LogP contribution in [0.1, 0.15) is 56.6 Å². The first-order valence-electron chi connectivity index (χ1n) is 14.4. The monoisotopic (exact) mass is 663 g/mol. The Hall–Kier alpha value is -2.78. The van der Waals surface area contributed by atoms with Crippen molar-refractivity contribution in [3.8, 4) is 0 Å². The fraction of sp³-hybridized carbons (Fsp3) is 0.375. The third kappa shape index (κ3) is 8.24. The van der Waals surface area contributed by atoms with E-state index in [0.717, 1.165) is 42.0 Å². The van der Waals surface area contributed by atoms with Crippen molar-refractivity contribution >= 4 is 62.3 Å². The van der Waals surface area contributed by atoms with Gasteiger partial charge in [-0.2, -0.15) is 0 Å². The maximum atomic E-state index is 14.3. The standard InChI is InChI=1S/C32H36Cl3N3O4S/c1-3-29(32(40)36-24-9-5-4-6-10-24)37(20-23-15-18-26(33)28(35)19-23)31(39)21-38(30-12-8-7-11-27(30)34)43(41,42)25-16-13-22(2)14-17-25/h7-8,11-19,24,29H,3-6,9-10,20-21H2,1-2H3,(H,36,40). The molecule has 0 saturated heterocycles. The fourth-order valence-corrected chi connectivity index (χ4v) is 7.34. The lowest BCUT2D eigenvalue weighted by Gasteiger charge is -2.34. The molecule has 1 atom stereocenters. The van der Waals surface area contributed by atoms with Gasteiger partial charge in [0.2, 0.25) is 11.8 Å². The number of halogens is 3. The molecule has 3 aromatic rings. The van der Waals surface area contributed by atoms with Crippen LogP contribution in [0, 0.1) is 6.92 Å². The largest absolute Gasteiger partial charge is 0.352 e. The lowest BCUT2D eigenvalue weighted by Crippen LogP contribution is -2.54. The van der Waals surface area contributed by atoms with E-state index in [1.807, 2.05) is 13.8 Å². The molecule has 1 aliphatic rings. The molecular formula is C32H36Cl3N3O4S. The number of carbonyl (C=O) groups excluding carboxylic acids is 2. The third-order valence-electron chi connectivity index (χ3n) is 7.68. The maximum Gasteiger partial charge on any atom is 0.264 e. The van der Waals surface area contributed by atoms with Gasteiger partial charge in [-0.3, -0.25) is 13.9 Å². The number of amides is 2. The van der Waals surface area contributed by atoms with Crippen molar-refractivity contribution < 1.29 is 18.0 Å². The van der Waals surface area contributed by atoms with Crippen LogP contribution >= 0.6 is 34.8 Å². The number of carbonyl (C=O) groups is 2. The minimum atomic E-state index is -4.22. The van der Waals surface area contributed by atoms with Gasteiger partial charge in [-0.15, -0.1) is 0 Å². The van der Waals surface area contributed by atoms with Crippen LogP contribution in [-0.4, -0.2) is 43.8 Å². The summed E-state index contributed by atoms with van der Waals surface area (Å²) in [6.45, 7) is 3.13. The molecule has 2 amide bonds. The Morgan fingerprint density at radius 3 is 2.21 bits per heavy atom. The van der Waals surface area contributed by atoms with Crippen molar-refractivity contribution in [1.29, 1.82) is 0 Å². The summed E-state index contributed by atoms with van der Waals surface area (Å²) in [7, 11) is -4.22. The Morgan fingerprint density at radius 1 is 0.907 bits per heavy atom. The summed E-state index contributed by atoms with van der Waals surface area (Å²) in [5.41, 5.74) is 1.70. The van der Waals surface area contributed by atoms with Gasteiger partial charge in [0.25, 0.3) is 10.0 Å². The van der Waals surface area contributed by atoms with Gasteiger partial charge in [-0.1, -0.05) is 96.9 Å². The predicted octanol–water partition coefficient (Wildman–Crippen LogP) is 7.41. The average molecular weight is 665 g/mol. The van der Waals surface area contributed by atoms with E-state index in [9.17, 15) is 18.0 Å². The Balaban J connectivity index is 1.73. The summed E-state index contributed by atoms with van der Waals surface area (Å²) in [6.07, 6.45) is 5.31. The molecule has 0 radical (unpaired) electrons. The van der Waals surface area contributed by atoms with Gasteiger partial charge in [0.1, 0.15) is 12.6 Å². The first-order chi connectivity index (χ1) is 20.5. The van der Waals surface area contributed by atoms with Crippen LogP contribution in [0.25, 0.3) is 0 Å². The normalized spacial score (nSPS) is 14.6. The molecule has 230 valence electrons. The van der Waals surface area contributed by atoms with E-state index in [0.29, 0.717) is 22.0 Å². The number of benzene rings is 3. The molecule has 7 nitrogen and oxygen atoms in total. The molecule has 43 heavy (non-hydrogen) atoms. The molecule has 11 heteroatoms. The predicted molar refractivity (Wildman–Crippen MR) is 173 cm³/mol. The minimum Gasteiger partial charge on any atom is -0.352 e. The number of aryl methyl sites for hydroxylation is 1. The Morgan fingerprint density at radius 2 is 1.58 bits per heavy atom. The molecule has 0 heterocycles. The number of para-hydroxylation sites is 1. The van der Waals surface area contributed by atoms with Gasteiger partial charge in [0.05, 0.1) is 25.7 Å². The number of rotatable bonds is 11. The van der Waals surface area contributed by atoms with Crippen LogP contribution in [0.4, 0.5) is 5.69 Å². The maximum absolute atomic E-state index is 14.3. The number of hydrogen-bond donors (Lipinski definition) is 1. The smallest absolute Gasteiger partial charge is 0.264 e. The van der Waals surface area contributed by atoms with E-state index in [4.69, 9.17) is 34.8 Å². The SMILES string of the molecule is CCC(C(=O)NC1CCCCC1)N(Cc1ccc(Cl)c(Cl)c1)C(=O)CN(c1ccccc1Cl)S(=O)(=O)c1ccc(C)cc1. The van der Waals surface area contributed by atoms with Gasteiger partial charge < -0.3 is 10.2 Å². The molecule has 1 N–H and O–H groups in total. The number of sulfonamides is 1. The van der Waals surface area contributed by atoms with Crippen LogP contribution in [0.3, 0.4) is 0 Å². The van der Waals surface area contributed by atoms with Gasteiger partial charge in [-0.05, 0) is 68.1 Å². The summed E-state index contributed by atoms with van der Waals surface area (Å²) in [4.78, 5) is 29.4. The molecule has 0 aromatic heterocycles. The molecule has 0 aliphatic heterocycles. The number of hydrogen-bond acceptors (Lipinski definition) is 4. The van der Waals surface area contributed by atoms with Crippen LogP contribution < -0.4 is 9.62 Å². The van der Waals surface area contributed by atoms with Crippen molar-refractivity contribution in [3.05, 3.63) is 92.9 Å². The summed E-state index contributed by atoms with van der Waals surface area (Å²) in [5.74, 6) is -0.833. The van der Waals surface area contributed by atoms with Crippen LogP contribution in [-0.2, 0) is 26.2 Å². The molecule has 1 fully saturated rings. The molecule has 4 rings (SSSR count). The summed E-state index contributed by atoms with van der Waals surface area (Å²) < 4.78 is 29.0. The minimum absolute atomic E-state index is 0.0175. The first kappa shape index (κ1) is 33.1. The molecular weight excluding hydrogens is 629 g/mol. The van der Waals surface area contributed by atoms with Crippen molar-refractivity contribution in [2.75, 3.05) is 10.8 Å². The van der Waals surface area contributed by atoms with E-state index in [1.54, 1.807) is 54.6 Å². The van der Waals surface area contributed by atoms with Crippen LogP contribution in [0.2, 0.25) is 15.1 Å². The first-order valence-corrected chi connectivity index (χ1v) is 17.0. The molecule has 1 aliphatic carbocycles. The number of anilines is 1. The fourth-order valence-electron chi connectivity index (χ4n) is 5.30. The molecule has 0 bridgehead atoms. The van der Waals surface area contributed by atoms with Crippen LogP contribution in [0.15, 0.2) is 71.6 Å². The Bertz CT molecular complexity index is 1540. The number of nitrogens with zero attached hydrogens (tertiary/aromatic N) is 2. The number of nitrogens with one attached hydrogen (secondary N) is 1. The highest BCUT2D eigenvalue weighted by Gasteiger charge is 2.35. The van der Waals surface area contributed by atoms with Crippen molar-refractivity contribution in [3.63, 3.8) is 0 Å². The Labute approximate surface area is 269 Å². The second-order valence-corrected chi connectivity index (χ2v) is 13.9. The summed E-state index contributed by atoms with van der Waals surface area (Å²) >= 11 is 18.9. The van der Waals surface area contributed by atoms with Crippen molar-refractivity contribution in [2.45, 2.75) is 75.9 Å². The summed E-state index contributed by atoms with van der Waals surface area (Å²) in [5, 5.41) is 3.98. The highest BCUT2D eigenvalue weighted by molar-refractivity contribution is 7.92. The molecule has 0 spiro atoms. The highest BCUT2D eigenvalue weighted by Crippen LogP contribution is 2.31. The lowest BCUT2D eigenvalue weighted by atomic mass is 9.95. The molecule has 3 aromatic carbocycles. The zero-order chi connectivity index (χ0) is 31.1. The Kier molecular flexibility index (Phi) is 11.4. The molecule has 1 saturated carbocycles. The van der Waals surface area contributed by atoms with Crippen molar-refractivity contribution in [1.82, 2.24) is 10.2 Å². The topological polar surface area (TPSA) is 86.8 Å². The van der Waals surface area contributed by atoms with E-state index < -0.39 is 28.5 Å². The zero-order valence-electron chi connectivity index (χ0n) is 24.2. The lowest BCUT2D eigenvalue weighted by molar-refractivity contribution is -0.140. The zero-order valence-corrected chi connectivity index (χ0v) is 27.3. The van der Waals surface area contributed by atoms with E-state index in [1.165, 1.54) is 17.0 Å². The second kappa shape index (κ2) is 14.8. The van der Waals surface area contributed by atoms with Gasteiger partial charge in [0.15, 0.2) is 0 Å². The van der Waals surface area contributed by atoms with Crippen molar-refractivity contribution in [2.24, 2.45) is 0 Å². The molecule has 1 unspecified atom stereocenters. The van der Waals surface area contributed by atoms with E-state index >= 15 is 0 Å². The van der Waals surface area contributed by atoms with Gasteiger partial charge in [0, 0.05) is 12.6 Å². The van der Waals surface area contributed by atoms with Crippen LogP contribution in [0.5, 0.6) is 0 Å². The highest BCUT2D eigenvalue weighted by atomic mass is 35.5. The van der Waals surface area contributed by atoms with E-state index in [2.05, 4.69) is 5.32 Å². The van der Waals surface area contributed by atoms with E-state index in [-0.39, 0.29) is 34.1 Å².